The van der Waals surface area contributed by atoms with Crippen molar-refractivity contribution in [2.75, 3.05) is 44.3 Å². The molecule has 2 aromatic rings. The first-order chi connectivity index (χ1) is 11.7. The number of rotatable bonds is 3. The molecule has 0 amide bonds. The van der Waals surface area contributed by atoms with Gasteiger partial charge in [-0.2, -0.15) is 0 Å². The third-order valence-electron chi connectivity index (χ3n) is 5.09. The van der Waals surface area contributed by atoms with E-state index < -0.39 is 0 Å². The molecule has 2 fully saturated rings. The average molecular weight is 348 g/mol. The summed E-state index contributed by atoms with van der Waals surface area (Å²) in [5.74, 6) is 1.13. The molecular formula is C16H24N6OS. The molecule has 1 atom stereocenters. The Hall–Kier alpha value is -1.51. The summed E-state index contributed by atoms with van der Waals surface area (Å²) in [6, 6.07) is 0. The molecular weight excluding hydrogens is 324 g/mol. The molecule has 0 saturated carbocycles. The number of likely N-dealkylation sites (tertiary alicyclic amines) is 1. The van der Waals surface area contributed by atoms with Gasteiger partial charge >= 0.3 is 0 Å². The highest BCUT2D eigenvalue weighted by molar-refractivity contribution is 7.13. The van der Waals surface area contributed by atoms with Gasteiger partial charge in [0.05, 0.1) is 19.8 Å². The summed E-state index contributed by atoms with van der Waals surface area (Å²) in [4.78, 5) is 9.36. The molecule has 1 unspecified atom stereocenters. The maximum Gasteiger partial charge on any atom is 0.208 e. The Kier molecular flexibility index (Phi) is 4.51. The van der Waals surface area contributed by atoms with Crippen LogP contribution in [0, 0.1) is 5.41 Å². The number of aromatic nitrogens is 4. The molecule has 130 valence electrons. The van der Waals surface area contributed by atoms with Crippen LogP contribution in [0.25, 0.3) is 0 Å². The van der Waals surface area contributed by atoms with Gasteiger partial charge in [-0.1, -0.05) is 11.3 Å². The zero-order valence-corrected chi connectivity index (χ0v) is 14.9. The number of aryl methyl sites for hydroxylation is 1. The molecule has 2 aromatic heterocycles. The molecule has 7 nitrogen and oxygen atoms in total. The van der Waals surface area contributed by atoms with Gasteiger partial charge in [0.2, 0.25) is 5.13 Å². The van der Waals surface area contributed by atoms with Crippen molar-refractivity contribution < 1.29 is 4.74 Å². The van der Waals surface area contributed by atoms with Crippen molar-refractivity contribution in [1.29, 1.82) is 0 Å². The lowest BCUT2D eigenvalue weighted by Crippen LogP contribution is -2.50. The molecule has 8 heteroatoms. The predicted octanol–water partition coefficient (Wildman–Crippen LogP) is 1.39. The Morgan fingerprint density at radius 3 is 3.08 bits per heavy atom. The number of imidazole rings is 1. The highest BCUT2D eigenvalue weighted by atomic mass is 32.1. The molecule has 0 aliphatic carbocycles. The van der Waals surface area contributed by atoms with Gasteiger partial charge in [-0.25, -0.2) is 4.98 Å². The number of piperidine rings is 1. The van der Waals surface area contributed by atoms with E-state index >= 15 is 0 Å². The minimum atomic E-state index is 0.172. The number of hydrogen-bond donors (Lipinski definition) is 0. The maximum absolute atomic E-state index is 5.99. The Morgan fingerprint density at radius 1 is 1.33 bits per heavy atom. The molecule has 2 aliphatic rings. The molecule has 0 N–H and O–H groups in total. The van der Waals surface area contributed by atoms with Crippen molar-refractivity contribution >= 4 is 16.5 Å². The minimum absolute atomic E-state index is 0.172. The molecule has 1 spiro atoms. The summed E-state index contributed by atoms with van der Waals surface area (Å²) in [6.07, 6.45) is 6.30. The van der Waals surface area contributed by atoms with Crippen LogP contribution in [-0.4, -0.2) is 64.0 Å². The standard InChI is InChI=1S/C16H24N6OS/c1-20-6-4-17-14(20)9-21-5-2-3-16(10-21)11-22(7-8-23-12-16)15-19-18-13-24-15/h4,6,13H,2-3,5,7-12H2,1H3. The second-order valence-electron chi connectivity index (χ2n) is 6.96. The second-order valence-corrected chi connectivity index (χ2v) is 7.78. The molecule has 24 heavy (non-hydrogen) atoms. The highest BCUT2D eigenvalue weighted by Gasteiger charge is 2.39. The lowest BCUT2D eigenvalue weighted by molar-refractivity contribution is 0.00968. The normalized spacial score (nSPS) is 26.0. The first-order valence-corrected chi connectivity index (χ1v) is 9.40. The monoisotopic (exact) mass is 348 g/mol. The van der Waals surface area contributed by atoms with Crippen LogP contribution in [0.15, 0.2) is 17.9 Å². The third-order valence-corrected chi connectivity index (χ3v) is 5.84. The van der Waals surface area contributed by atoms with Crippen LogP contribution in [0.2, 0.25) is 0 Å². The number of hydrogen-bond acceptors (Lipinski definition) is 7. The second kappa shape index (κ2) is 6.78. The van der Waals surface area contributed by atoms with E-state index in [4.69, 9.17) is 4.74 Å². The van der Waals surface area contributed by atoms with Crippen molar-refractivity contribution in [2.45, 2.75) is 19.4 Å². The van der Waals surface area contributed by atoms with Gasteiger partial charge in [-0.15, -0.1) is 10.2 Å². The Bertz CT molecular complexity index is 659. The molecule has 2 aliphatic heterocycles. The van der Waals surface area contributed by atoms with E-state index in [1.54, 1.807) is 11.3 Å². The first kappa shape index (κ1) is 16.0. The van der Waals surface area contributed by atoms with E-state index in [0.29, 0.717) is 0 Å². The van der Waals surface area contributed by atoms with Crippen molar-refractivity contribution in [3.8, 4) is 0 Å². The van der Waals surface area contributed by atoms with E-state index in [9.17, 15) is 0 Å². The van der Waals surface area contributed by atoms with Crippen molar-refractivity contribution in [2.24, 2.45) is 12.5 Å². The fourth-order valence-corrected chi connectivity index (χ4v) is 4.49. The van der Waals surface area contributed by atoms with Gasteiger partial charge < -0.3 is 14.2 Å². The van der Waals surface area contributed by atoms with Gasteiger partial charge in [0.1, 0.15) is 11.3 Å². The summed E-state index contributed by atoms with van der Waals surface area (Å²) in [5, 5.41) is 9.28. The van der Waals surface area contributed by atoms with Gasteiger partial charge in [0.15, 0.2) is 0 Å². The van der Waals surface area contributed by atoms with Gasteiger partial charge in [-0.05, 0) is 19.4 Å². The van der Waals surface area contributed by atoms with Crippen molar-refractivity contribution in [3.05, 3.63) is 23.7 Å². The first-order valence-electron chi connectivity index (χ1n) is 8.52. The van der Waals surface area contributed by atoms with E-state index in [-0.39, 0.29) is 5.41 Å². The summed E-state index contributed by atoms with van der Waals surface area (Å²) in [7, 11) is 2.06. The minimum Gasteiger partial charge on any atom is -0.379 e. The lowest BCUT2D eigenvalue weighted by atomic mass is 9.80. The van der Waals surface area contributed by atoms with Crippen LogP contribution in [0.3, 0.4) is 0 Å². The quantitative estimate of drug-likeness (QED) is 0.835. The summed E-state index contributed by atoms with van der Waals surface area (Å²) >= 11 is 1.61. The maximum atomic E-state index is 5.99. The Balaban J connectivity index is 1.49. The Labute approximate surface area is 146 Å². The number of nitrogens with zero attached hydrogens (tertiary/aromatic N) is 6. The molecule has 4 heterocycles. The SMILES string of the molecule is Cn1ccnc1CN1CCCC2(COCCN(c3nncs3)C2)C1. The van der Waals surface area contributed by atoms with E-state index in [1.165, 1.54) is 12.8 Å². The fourth-order valence-electron chi connectivity index (χ4n) is 3.90. The van der Waals surface area contributed by atoms with Crippen LogP contribution >= 0.6 is 11.3 Å². The lowest BCUT2D eigenvalue weighted by Gasteiger charge is -2.43. The summed E-state index contributed by atoms with van der Waals surface area (Å²) in [5.41, 5.74) is 1.98. The Morgan fingerprint density at radius 2 is 2.29 bits per heavy atom. The fraction of sp³-hybridized carbons (Fsp3) is 0.688. The van der Waals surface area contributed by atoms with Gasteiger partial charge in [-0.3, -0.25) is 4.90 Å². The molecule has 4 rings (SSSR count). The molecule has 0 aromatic carbocycles. The number of ether oxygens (including phenoxy) is 1. The van der Waals surface area contributed by atoms with Crippen LogP contribution in [-0.2, 0) is 18.3 Å². The smallest absolute Gasteiger partial charge is 0.208 e. The van der Waals surface area contributed by atoms with E-state index in [2.05, 4.69) is 36.6 Å². The third kappa shape index (κ3) is 3.31. The number of anilines is 1. The topological polar surface area (TPSA) is 59.3 Å². The van der Waals surface area contributed by atoms with E-state index in [0.717, 1.165) is 56.9 Å². The summed E-state index contributed by atoms with van der Waals surface area (Å²) in [6.45, 7) is 6.59. The van der Waals surface area contributed by atoms with Gasteiger partial charge in [0, 0.05) is 44.5 Å². The molecule has 0 bridgehead atoms. The van der Waals surface area contributed by atoms with Crippen molar-refractivity contribution in [1.82, 2.24) is 24.6 Å². The average Bonchev–Trinajstić information content (AvgIpc) is 3.20. The molecule has 0 radical (unpaired) electrons. The predicted molar refractivity (Wildman–Crippen MR) is 93.1 cm³/mol. The van der Waals surface area contributed by atoms with Crippen LogP contribution in [0.1, 0.15) is 18.7 Å². The van der Waals surface area contributed by atoms with E-state index in [1.807, 2.05) is 17.9 Å². The summed E-state index contributed by atoms with van der Waals surface area (Å²) < 4.78 is 8.10. The van der Waals surface area contributed by atoms with Gasteiger partial charge in [0.25, 0.3) is 0 Å². The van der Waals surface area contributed by atoms with Crippen LogP contribution < -0.4 is 4.90 Å². The largest absolute Gasteiger partial charge is 0.379 e. The highest BCUT2D eigenvalue weighted by Crippen LogP contribution is 2.35. The van der Waals surface area contributed by atoms with Crippen LogP contribution in [0.4, 0.5) is 5.13 Å². The van der Waals surface area contributed by atoms with Crippen LogP contribution in [0.5, 0.6) is 0 Å². The zero-order valence-electron chi connectivity index (χ0n) is 14.1. The van der Waals surface area contributed by atoms with Crippen molar-refractivity contribution in [3.63, 3.8) is 0 Å². The zero-order chi connectivity index (χ0) is 16.4. The molecule has 2 saturated heterocycles.